The summed E-state index contributed by atoms with van der Waals surface area (Å²) >= 11 is 1.97. The van der Waals surface area contributed by atoms with E-state index in [1.54, 1.807) is 41.5 Å². The highest BCUT2D eigenvalue weighted by atomic mass is 32.2. The highest BCUT2D eigenvalue weighted by Crippen LogP contribution is 2.43. The van der Waals surface area contributed by atoms with Crippen LogP contribution in [0.4, 0.5) is 9.80 Å². The van der Waals surface area contributed by atoms with E-state index in [0.29, 0.717) is 16.9 Å². The third-order valence-corrected chi connectivity index (χ3v) is 6.70. The molecule has 0 aromatic carbocycles. The molecule has 0 aliphatic carbocycles. The molecule has 2 aliphatic heterocycles. The third-order valence-electron chi connectivity index (χ3n) is 4.61. The number of rotatable bonds is 4. The van der Waals surface area contributed by atoms with Crippen molar-refractivity contribution in [2.24, 2.45) is 0 Å². The topological polar surface area (TPSA) is 128 Å². The van der Waals surface area contributed by atoms with Gasteiger partial charge in [-0.05, 0) is 53.5 Å². The van der Waals surface area contributed by atoms with Gasteiger partial charge in [0.05, 0.1) is 24.5 Å². The summed E-state index contributed by atoms with van der Waals surface area (Å²) in [6.07, 6.45) is -0.315. The highest BCUT2D eigenvalue weighted by Gasteiger charge is 2.38. The quantitative estimate of drug-likeness (QED) is 0.477. The predicted molar refractivity (Wildman–Crippen MR) is 126 cm³/mol. The molecule has 1 fully saturated rings. The number of fused-ring (bicyclic) bond motifs is 1. The molecule has 186 valence electrons. The smallest absolute Gasteiger partial charge is 0.397 e. The monoisotopic (exact) mass is 512 g/mol. The first-order valence-corrected chi connectivity index (χ1v) is 12.5. The number of nitrogens with zero attached hydrogens (tertiary/aromatic N) is 1. The number of carbonyl (C=O) groups excluding carboxylic acids is 5. The number of thioether (sulfide) groups is 1. The second-order valence-electron chi connectivity index (χ2n) is 9.78. The molecule has 10 nitrogen and oxygen atoms in total. The fourth-order valence-corrected chi connectivity index (χ4v) is 5.35. The Kier molecular flexibility index (Phi) is 7.44. The van der Waals surface area contributed by atoms with Crippen LogP contribution in [0, 0.1) is 0 Å². The van der Waals surface area contributed by atoms with Crippen molar-refractivity contribution in [2.75, 3.05) is 24.2 Å². The minimum atomic E-state index is -1.09. The molecule has 0 radical (unpaired) electrons. The number of amides is 3. The fraction of sp³-hybridized carbons (Fsp3) is 0.591. The van der Waals surface area contributed by atoms with Gasteiger partial charge in [0, 0.05) is 4.88 Å². The van der Waals surface area contributed by atoms with Crippen LogP contribution in [-0.2, 0) is 35.0 Å². The van der Waals surface area contributed by atoms with Crippen molar-refractivity contribution in [3.05, 3.63) is 16.0 Å². The molecule has 0 saturated carbocycles. The first kappa shape index (κ1) is 26.2. The molecule has 34 heavy (non-hydrogen) atoms. The van der Waals surface area contributed by atoms with Crippen LogP contribution in [0.2, 0.25) is 0 Å². The Hall–Kier alpha value is -2.44. The minimum Gasteiger partial charge on any atom is -0.456 e. The van der Waals surface area contributed by atoms with Crippen LogP contribution in [0.3, 0.4) is 0 Å². The largest absolute Gasteiger partial charge is 0.456 e. The standard InChI is InChI=1S/C22H28N2O8S2/c1-21(2,3)31-18(27)14-11-7-8-30-12(9-24-13(25)10-33-20(24)29)15(11)34-17(14)23-16(26)19(28)32-22(4,5)6/h12H,7-10H2,1-6H3,(H,23,26). The van der Waals surface area contributed by atoms with Crippen molar-refractivity contribution >= 4 is 57.1 Å². The van der Waals surface area contributed by atoms with E-state index in [1.165, 1.54) is 0 Å². The lowest BCUT2D eigenvalue weighted by molar-refractivity contribution is -0.161. The molecule has 1 atom stereocenters. The molecule has 2 aliphatic rings. The van der Waals surface area contributed by atoms with Crippen molar-refractivity contribution in [2.45, 2.75) is 65.3 Å². The summed E-state index contributed by atoms with van der Waals surface area (Å²) in [5, 5.41) is 2.25. The van der Waals surface area contributed by atoms with Crippen LogP contribution < -0.4 is 5.32 Å². The summed E-state index contributed by atoms with van der Waals surface area (Å²) in [5.74, 6) is -3.02. The average molecular weight is 513 g/mol. The number of anilines is 1. The Morgan fingerprint density at radius 1 is 1.09 bits per heavy atom. The van der Waals surface area contributed by atoms with Crippen molar-refractivity contribution < 1.29 is 38.2 Å². The summed E-state index contributed by atoms with van der Waals surface area (Å²) < 4.78 is 16.5. The van der Waals surface area contributed by atoms with E-state index >= 15 is 0 Å². The summed E-state index contributed by atoms with van der Waals surface area (Å²) in [4.78, 5) is 63.8. The molecule has 3 amide bonds. The molecular weight excluding hydrogens is 484 g/mol. The number of imide groups is 1. The first-order chi connectivity index (χ1) is 15.7. The molecule has 1 aromatic rings. The van der Waals surface area contributed by atoms with E-state index in [-0.39, 0.29) is 40.6 Å². The Morgan fingerprint density at radius 3 is 2.29 bits per heavy atom. The molecule has 3 heterocycles. The van der Waals surface area contributed by atoms with Gasteiger partial charge in [-0.25, -0.2) is 9.59 Å². The number of thiophene rings is 1. The van der Waals surface area contributed by atoms with Gasteiger partial charge in [-0.2, -0.15) is 0 Å². The second kappa shape index (κ2) is 9.67. The van der Waals surface area contributed by atoms with E-state index in [0.717, 1.165) is 28.0 Å². The summed E-state index contributed by atoms with van der Waals surface area (Å²) in [7, 11) is 0. The zero-order valence-electron chi connectivity index (χ0n) is 19.9. The number of esters is 2. The summed E-state index contributed by atoms with van der Waals surface area (Å²) in [6.45, 7) is 10.3. The van der Waals surface area contributed by atoms with E-state index in [4.69, 9.17) is 14.2 Å². The maximum absolute atomic E-state index is 13.1. The number of hydrogen-bond donors (Lipinski definition) is 1. The SMILES string of the molecule is CC(C)(C)OC(=O)C(=O)Nc1sc2c(c1C(=O)OC(C)(C)C)CCOC2CN1C(=O)CSC1=O. The molecule has 0 spiro atoms. The number of nitrogens with one attached hydrogen (secondary N) is 1. The summed E-state index contributed by atoms with van der Waals surface area (Å²) in [5.41, 5.74) is -0.937. The van der Waals surface area contributed by atoms with Crippen LogP contribution in [0.5, 0.6) is 0 Å². The van der Waals surface area contributed by atoms with Gasteiger partial charge in [0.1, 0.15) is 22.3 Å². The van der Waals surface area contributed by atoms with E-state index < -0.39 is 35.2 Å². The van der Waals surface area contributed by atoms with Gasteiger partial charge in [0.15, 0.2) is 0 Å². The van der Waals surface area contributed by atoms with Crippen LogP contribution in [-0.4, -0.2) is 64.0 Å². The molecule has 1 saturated heterocycles. The van der Waals surface area contributed by atoms with Gasteiger partial charge < -0.3 is 19.5 Å². The van der Waals surface area contributed by atoms with Crippen LogP contribution in [0.1, 0.15) is 68.4 Å². The van der Waals surface area contributed by atoms with Crippen molar-refractivity contribution in [3.8, 4) is 0 Å². The number of ether oxygens (including phenoxy) is 3. The van der Waals surface area contributed by atoms with E-state index in [1.807, 2.05) is 0 Å². The zero-order chi connectivity index (χ0) is 25.4. The lowest BCUT2D eigenvalue weighted by Gasteiger charge is -2.27. The summed E-state index contributed by atoms with van der Waals surface area (Å²) in [6, 6.07) is 0. The lowest BCUT2D eigenvalue weighted by Crippen LogP contribution is -2.35. The van der Waals surface area contributed by atoms with Crippen molar-refractivity contribution in [1.29, 1.82) is 0 Å². The maximum atomic E-state index is 13.1. The normalized spacial score (nSPS) is 18.5. The van der Waals surface area contributed by atoms with Crippen molar-refractivity contribution in [3.63, 3.8) is 0 Å². The first-order valence-electron chi connectivity index (χ1n) is 10.7. The zero-order valence-corrected chi connectivity index (χ0v) is 21.6. The van der Waals surface area contributed by atoms with Gasteiger partial charge in [-0.15, -0.1) is 11.3 Å². The molecule has 1 N–H and O–H groups in total. The predicted octanol–water partition coefficient (Wildman–Crippen LogP) is 3.29. The average Bonchev–Trinajstić information content (AvgIpc) is 3.20. The van der Waals surface area contributed by atoms with Crippen LogP contribution in [0.25, 0.3) is 0 Å². The Bertz CT molecular complexity index is 1020. The molecule has 0 bridgehead atoms. The van der Waals surface area contributed by atoms with Gasteiger partial charge in [0.25, 0.3) is 5.24 Å². The molecule has 3 rings (SSSR count). The molecule has 12 heteroatoms. The molecule has 1 unspecified atom stereocenters. The van der Waals surface area contributed by atoms with E-state index in [9.17, 15) is 24.0 Å². The Labute approximate surface area is 205 Å². The Balaban J connectivity index is 1.96. The lowest BCUT2D eigenvalue weighted by atomic mass is 10.0. The van der Waals surface area contributed by atoms with Gasteiger partial charge in [0.2, 0.25) is 5.91 Å². The van der Waals surface area contributed by atoms with Crippen LogP contribution >= 0.6 is 23.1 Å². The number of carbonyl (C=O) groups is 5. The van der Waals surface area contributed by atoms with E-state index in [2.05, 4.69) is 5.32 Å². The third kappa shape index (κ3) is 6.16. The fourth-order valence-electron chi connectivity index (χ4n) is 3.34. The van der Waals surface area contributed by atoms with Crippen molar-refractivity contribution in [1.82, 2.24) is 4.90 Å². The van der Waals surface area contributed by atoms with Crippen LogP contribution in [0.15, 0.2) is 0 Å². The van der Waals surface area contributed by atoms with Gasteiger partial charge in [-0.3, -0.25) is 19.3 Å². The van der Waals surface area contributed by atoms with Gasteiger partial charge in [-0.1, -0.05) is 11.8 Å². The number of hydrogen-bond acceptors (Lipinski definition) is 10. The second-order valence-corrected chi connectivity index (χ2v) is 11.8. The molecule has 1 aromatic heterocycles. The van der Waals surface area contributed by atoms with Gasteiger partial charge >= 0.3 is 17.8 Å². The molecular formula is C22H28N2O8S2. The highest BCUT2D eigenvalue weighted by molar-refractivity contribution is 8.14. The minimum absolute atomic E-state index is 0.00854. The Morgan fingerprint density at radius 2 is 1.74 bits per heavy atom. The maximum Gasteiger partial charge on any atom is 0.397 e.